The van der Waals surface area contributed by atoms with Gasteiger partial charge in [0.05, 0.1) is 0 Å². The van der Waals surface area contributed by atoms with E-state index in [9.17, 15) is 4.79 Å². The molecular weight excluding hydrogens is 190 g/mol. The normalized spacial score (nSPS) is 20.5. The zero-order valence-electron chi connectivity index (χ0n) is 9.06. The van der Waals surface area contributed by atoms with Crippen LogP contribution in [0.5, 0.6) is 5.75 Å². The molecule has 15 heavy (non-hydrogen) atoms. The summed E-state index contributed by atoms with van der Waals surface area (Å²) in [6, 6.07) is 7.82. The number of amides is 1. The fourth-order valence-corrected chi connectivity index (χ4v) is 1.80. The third-order valence-electron chi connectivity index (χ3n) is 2.68. The molecule has 0 saturated carbocycles. The highest BCUT2D eigenvalue weighted by Gasteiger charge is 2.26. The van der Waals surface area contributed by atoms with Crippen LogP contribution < -0.4 is 4.74 Å². The molecule has 1 aliphatic rings. The standard InChI is InChI=1S/C12H15NO2/c1-3-13-8-10-6-4-5-7-11(10)15-9(2)12(13)14/h4-7,9H,3,8H2,1-2H3. The van der Waals surface area contributed by atoms with Crippen LogP contribution in [0, 0.1) is 0 Å². The number of para-hydroxylation sites is 1. The van der Waals surface area contributed by atoms with Gasteiger partial charge in [0, 0.05) is 18.7 Å². The van der Waals surface area contributed by atoms with Gasteiger partial charge in [-0.3, -0.25) is 4.79 Å². The molecule has 1 aromatic carbocycles. The second-order valence-corrected chi connectivity index (χ2v) is 3.72. The lowest BCUT2D eigenvalue weighted by Gasteiger charge is -2.19. The number of hydrogen-bond donors (Lipinski definition) is 0. The monoisotopic (exact) mass is 205 g/mol. The molecule has 0 aliphatic carbocycles. The minimum atomic E-state index is -0.381. The fourth-order valence-electron chi connectivity index (χ4n) is 1.80. The maximum absolute atomic E-state index is 11.8. The van der Waals surface area contributed by atoms with Crippen molar-refractivity contribution in [2.75, 3.05) is 6.54 Å². The smallest absolute Gasteiger partial charge is 0.263 e. The van der Waals surface area contributed by atoms with Gasteiger partial charge in [0.2, 0.25) is 0 Å². The van der Waals surface area contributed by atoms with Crippen LogP contribution >= 0.6 is 0 Å². The van der Waals surface area contributed by atoms with Crippen molar-refractivity contribution < 1.29 is 9.53 Å². The van der Waals surface area contributed by atoms with Crippen LogP contribution in [0.4, 0.5) is 0 Å². The van der Waals surface area contributed by atoms with Crippen molar-refractivity contribution in [2.45, 2.75) is 26.5 Å². The first-order valence-electron chi connectivity index (χ1n) is 5.25. The molecule has 1 atom stereocenters. The highest BCUT2D eigenvalue weighted by molar-refractivity contribution is 5.81. The quantitative estimate of drug-likeness (QED) is 0.700. The molecule has 0 N–H and O–H groups in total. The molecule has 1 aromatic rings. The van der Waals surface area contributed by atoms with Crippen LogP contribution in [0.2, 0.25) is 0 Å². The van der Waals surface area contributed by atoms with Crippen molar-refractivity contribution >= 4 is 5.91 Å². The molecular formula is C12H15NO2. The van der Waals surface area contributed by atoms with E-state index < -0.39 is 0 Å². The van der Waals surface area contributed by atoms with Gasteiger partial charge in [-0.05, 0) is 19.9 Å². The lowest BCUT2D eigenvalue weighted by Crippen LogP contribution is -2.37. The molecule has 0 spiro atoms. The third-order valence-corrected chi connectivity index (χ3v) is 2.68. The Kier molecular flexibility index (Phi) is 2.62. The fraction of sp³-hybridized carbons (Fsp3) is 0.417. The summed E-state index contributed by atoms with van der Waals surface area (Å²) in [5.74, 6) is 0.892. The molecule has 0 saturated heterocycles. The minimum Gasteiger partial charge on any atom is -0.481 e. The molecule has 3 heteroatoms. The first-order valence-corrected chi connectivity index (χ1v) is 5.25. The van der Waals surface area contributed by atoms with Gasteiger partial charge in [-0.25, -0.2) is 0 Å². The first kappa shape index (κ1) is 10.0. The highest BCUT2D eigenvalue weighted by Crippen LogP contribution is 2.24. The van der Waals surface area contributed by atoms with Crippen LogP contribution in [0.1, 0.15) is 19.4 Å². The van der Waals surface area contributed by atoms with Crippen LogP contribution in [-0.2, 0) is 11.3 Å². The number of rotatable bonds is 1. The van der Waals surface area contributed by atoms with Crippen LogP contribution in [0.3, 0.4) is 0 Å². The topological polar surface area (TPSA) is 29.5 Å². The summed E-state index contributed by atoms with van der Waals surface area (Å²) in [5, 5.41) is 0. The lowest BCUT2D eigenvalue weighted by atomic mass is 10.2. The van der Waals surface area contributed by atoms with E-state index in [1.54, 1.807) is 6.92 Å². The van der Waals surface area contributed by atoms with Gasteiger partial charge in [0.15, 0.2) is 6.10 Å². The van der Waals surface area contributed by atoms with Gasteiger partial charge in [-0.1, -0.05) is 18.2 Å². The number of carbonyl (C=O) groups excluding carboxylic acids is 1. The van der Waals surface area contributed by atoms with Crippen molar-refractivity contribution in [2.24, 2.45) is 0 Å². The molecule has 0 aromatic heterocycles. The molecule has 1 unspecified atom stereocenters. The number of fused-ring (bicyclic) bond motifs is 1. The summed E-state index contributed by atoms with van der Waals surface area (Å²) < 4.78 is 5.61. The van der Waals surface area contributed by atoms with Crippen LogP contribution in [0.25, 0.3) is 0 Å². The van der Waals surface area contributed by atoms with Crippen molar-refractivity contribution in [1.82, 2.24) is 4.90 Å². The number of benzene rings is 1. The molecule has 0 radical (unpaired) electrons. The maximum atomic E-state index is 11.8. The average molecular weight is 205 g/mol. The van der Waals surface area contributed by atoms with Gasteiger partial charge in [-0.15, -0.1) is 0 Å². The molecule has 1 amide bonds. The minimum absolute atomic E-state index is 0.0636. The molecule has 0 fully saturated rings. The van der Waals surface area contributed by atoms with Crippen molar-refractivity contribution in [3.05, 3.63) is 29.8 Å². The van der Waals surface area contributed by atoms with E-state index >= 15 is 0 Å². The Balaban J connectivity index is 2.37. The molecule has 80 valence electrons. The number of likely N-dealkylation sites (N-methyl/N-ethyl adjacent to an activating group) is 1. The summed E-state index contributed by atoms with van der Waals surface area (Å²) in [5.41, 5.74) is 1.08. The number of hydrogen-bond acceptors (Lipinski definition) is 2. The summed E-state index contributed by atoms with van der Waals surface area (Å²) in [7, 11) is 0. The predicted molar refractivity (Wildman–Crippen MR) is 57.6 cm³/mol. The Morgan fingerprint density at radius 3 is 2.93 bits per heavy atom. The highest BCUT2D eigenvalue weighted by atomic mass is 16.5. The number of nitrogens with zero attached hydrogens (tertiary/aromatic N) is 1. The van der Waals surface area contributed by atoms with Gasteiger partial charge >= 0.3 is 0 Å². The van der Waals surface area contributed by atoms with E-state index in [-0.39, 0.29) is 12.0 Å². The third kappa shape index (κ3) is 1.82. The SMILES string of the molecule is CCN1Cc2ccccc2OC(C)C1=O. The summed E-state index contributed by atoms with van der Waals surface area (Å²) >= 11 is 0. The van der Waals surface area contributed by atoms with E-state index in [4.69, 9.17) is 4.74 Å². The maximum Gasteiger partial charge on any atom is 0.263 e. The molecule has 0 bridgehead atoms. The number of ether oxygens (including phenoxy) is 1. The Hall–Kier alpha value is -1.51. The number of carbonyl (C=O) groups is 1. The Labute approximate surface area is 89.7 Å². The van der Waals surface area contributed by atoms with Crippen molar-refractivity contribution in [3.8, 4) is 5.75 Å². The van der Waals surface area contributed by atoms with Crippen LogP contribution in [-0.4, -0.2) is 23.5 Å². The van der Waals surface area contributed by atoms with Gasteiger partial charge in [0.25, 0.3) is 5.91 Å². The van der Waals surface area contributed by atoms with E-state index in [2.05, 4.69) is 0 Å². The zero-order valence-corrected chi connectivity index (χ0v) is 9.06. The van der Waals surface area contributed by atoms with E-state index in [1.807, 2.05) is 36.1 Å². The molecule has 1 aliphatic heterocycles. The summed E-state index contributed by atoms with van der Waals surface area (Å²) in [6.45, 7) is 5.16. The van der Waals surface area contributed by atoms with E-state index in [0.29, 0.717) is 6.54 Å². The van der Waals surface area contributed by atoms with Gasteiger partial charge < -0.3 is 9.64 Å². The predicted octanol–water partition coefficient (Wildman–Crippen LogP) is 1.82. The molecule has 1 heterocycles. The second-order valence-electron chi connectivity index (χ2n) is 3.72. The van der Waals surface area contributed by atoms with Gasteiger partial charge in [0.1, 0.15) is 5.75 Å². The Morgan fingerprint density at radius 1 is 1.47 bits per heavy atom. The first-order chi connectivity index (χ1) is 7.22. The summed E-state index contributed by atoms with van der Waals surface area (Å²) in [6.07, 6.45) is -0.381. The largest absolute Gasteiger partial charge is 0.481 e. The van der Waals surface area contributed by atoms with E-state index in [1.165, 1.54) is 0 Å². The zero-order chi connectivity index (χ0) is 10.8. The molecule has 2 rings (SSSR count). The lowest BCUT2D eigenvalue weighted by molar-refractivity contribution is -0.137. The van der Waals surface area contributed by atoms with E-state index in [0.717, 1.165) is 17.9 Å². The Morgan fingerprint density at radius 2 is 2.20 bits per heavy atom. The summed E-state index contributed by atoms with van der Waals surface area (Å²) in [4.78, 5) is 13.7. The molecule has 3 nitrogen and oxygen atoms in total. The van der Waals surface area contributed by atoms with Gasteiger partial charge in [-0.2, -0.15) is 0 Å². The van der Waals surface area contributed by atoms with Crippen LogP contribution in [0.15, 0.2) is 24.3 Å². The van der Waals surface area contributed by atoms with Crippen molar-refractivity contribution in [3.63, 3.8) is 0 Å². The van der Waals surface area contributed by atoms with Crippen molar-refractivity contribution in [1.29, 1.82) is 0 Å². The average Bonchev–Trinajstić information content (AvgIpc) is 2.37. The Bertz CT molecular complexity index is 376. The second kappa shape index (κ2) is 3.93.